The Kier molecular flexibility index (Phi) is 7.52. The van der Waals surface area contributed by atoms with Gasteiger partial charge in [0.15, 0.2) is 0 Å². The number of ether oxygens (including phenoxy) is 1. The first kappa shape index (κ1) is 25.6. The van der Waals surface area contributed by atoms with Gasteiger partial charge in [-0.15, -0.1) is 0 Å². The van der Waals surface area contributed by atoms with Crippen LogP contribution in [0.25, 0.3) is 16.9 Å². The number of carbonyl (C=O) groups is 1. The number of nitrogens with zero attached hydrogens (tertiary/aromatic N) is 5. The molecule has 2 atom stereocenters. The zero-order chi connectivity index (χ0) is 26.6. The number of urea groups is 1. The van der Waals surface area contributed by atoms with Crippen LogP contribution < -0.4 is 10.6 Å². The smallest absolute Gasteiger partial charge is 0.320 e. The van der Waals surface area contributed by atoms with Gasteiger partial charge in [0, 0.05) is 57.0 Å². The molecule has 1 saturated heterocycles. The van der Waals surface area contributed by atoms with Gasteiger partial charge in [-0.2, -0.15) is 10.2 Å². The first-order valence-corrected chi connectivity index (χ1v) is 12.6. The summed E-state index contributed by atoms with van der Waals surface area (Å²) >= 11 is 0. The number of methoxy groups -OCH3 is 1. The van der Waals surface area contributed by atoms with Crippen LogP contribution >= 0.6 is 0 Å². The van der Waals surface area contributed by atoms with Gasteiger partial charge >= 0.3 is 6.03 Å². The van der Waals surface area contributed by atoms with Crippen molar-refractivity contribution in [1.82, 2.24) is 29.8 Å². The highest BCUT2D eigenvalue weighted by Gasteiger charge is 2.35. The molecule has 198 valence electrons. The van der Waals surface area contributed by atoms with Gasteiger partial charge in [-0.3, -0.25) is 14.9 Å². The lowest BCUT2D eigenvalue weighted by atomic mass is 9.94. The summed E-state index contributed by atoms with van der Waals surface area (Å²) in [6, 6.07) is 15.7. The van der Waals surface area contributed by atoms with E-state index in [9.17, 15) is 9.18 Å². The fourth-order valence-electron chi connectivity index (χ4n) is 5.01. The van der Waals surface area contributed by atoms with Crippen molar-refractivity contribution < 1.29 is 13.9 Å². The average Bonchev–Trinajstić information content (AvgIpc) is 3.61. The molecule has 0 aliphatic carbocycles. The Morgan fingerprint density at radius 2 is 1.89 bits per heavy atom. The van der Waals surface area contributed by atoms with E-state index in [2.05, 4.69) is 20.6 Å². The minimum Gasteiger partial charge on any atom is -0.383 e. The quantitative estimate of drug-likeness (QED) is 0.369. The number of aryl methyl sites for hydroxylation is 1. The van der Waals surface area contributed by atoms with Crippen LogP contribution in [0.3, 0.4) is 0 Å². The molecule has 0 spiro atoms. The number of para-hydroxylation sites is 1. The third kappa shape index (κ3) is 5.46. The number of halogens is 1. The Bertz CT molecular complexity index is 1380. The SMILES string of the molecule is COCCN1CC(NC(=O)Nc2c(C)c(-c3cnn(C)c3)nn2-c2ccccc2)C(c2ccc(F)cc2)C1. The highest BCUT2D eigenvalue weighted by atomic mass is 19.1. The molecule has 9 nitrogen and oxygen atoms in total. The van der Waals surface area contributed by atoms with Crippen molar-refractivity contribution in [2.75, 3.05) is 38.7 Å². The molecule has 3 heterocycles. The molecule has 0 saturated carbocycles. The van der Waals surface area contributed by atoms with Gasteiger partial charge in [-0.25, -0.2) is 13.9 Å². The highest BCUT2D eigenvalue weighted by Crippen LogP contribution is 2.31. The number of amides is 2. The van der Waals surface area contributed by atoms with E-state index in [0.717, 1.165) is 41.2 Å². The van der Waals surface area contributed by atoms with Crippen molar-refractivity contribution in [3.63, 3.8) is 0 Å². The molecule has 0 bridgehead atoms. The van der Waals surface area contributed by atoms with Crippen molar-refractivity contribution in [3.05, 3.63) is 83.9 Å². The monoisotopic (exact) mass is 517 g/mol. The molecule has 1 fully saturated rings. The number of hydrogen-bond donors (Lipinski definition) is 2. The molecule has 2 aromatic carbocycles. The third-order valence-corrected chi connectivity index (χ3v) is 6.96. The Morgan fingerprint density at radius 3 is 2.58 bits per heavy atom. The molecule has 1 aliphatic rings. The zero-order valence-corrected chi connectivity index (χ0v) is 21.8. The third-order valence-electron chi connectivity index (χ3n) is 6.96. The van der Waals surface area contributed by atoms with E-state index in [0.29, 0.717) is 19.0 Å². The second kappa shape index (κ2) is 11.2. The molecule has 2 N–H and O–H groups in total. The van der Waals surface area contributed by atoms with Gasteiger partial charge in [0.2, 0.25) is 0 Å². The molecule has 4 aromatic rings. The summed E-state index contributed by atoms with van der Waals surface area (Å²) in [6.07, 6.45) is 3.66. The average molecular weight is 518 g/mol. The van der Waals surface area contributed by atoms with Crippen LogP contribution in [-0.2, 0) is 11.8 Å². The van der Waals surface area contributed by atoms with Gasteiger partial charge in [-0.1, -0.05) is 30.3 Å². The fraction of sp³-hybridized carbons (Fsp3) is 0.321. The second-order valence-corrected chi connectivity index (χ2v) is 9.59. The topological polar surface area (TPSA) is 89.2 Å². The van der Waals surface area contributed by atoms with Gasteiger partial charge in [0.1, 0.15) is 17.3 Å². The van der Waals surface area contributed by atoms with E-state index >= 15 is 0 Å². The molecule has 2 unspecified atom stereocenters. The lowest BCUT2D eigenvalue weighted by molar-refractivity contribution is 0.159. The first-order chi connectivity index (χ1) is 18.4. The Labute approximate surface area is 221 Å². The second-order valence-electron chi connectivity index (χ2n) is 9.59. The highest BCUT2D eigenvalue weighted by molar-refractivity contribution is 5.91. The number of rotatable bonds is 8. The van der Waals surface area contributed by atoms with Crippen LogP contribution in [0.4, 0.5) is 15.0 Å². The van der Waals surface area contributed by atoms with Crippen molar-refractivity contribution in [1.29, 1.82) is 0 Å². The van der Waals surface area contributed by atoms with Crippen LogP contribution in [0.5, 0.6) is 0 Å². The molecule has 10 heteroatoms. The maximum Gasteiger partial charge on any atom is 0.320 e. The number of anilines is 1. The van der Waals surface area contributed by atoms with Crippen LogP contribution in [0.1, 0.15) is 17.0 Å². The number of aromatic nitrogens is 4. The number of carbonyl (C=O) groups excluding carboxylic acids is 1. The summed E-state index contributed by atoms with van der Waals surface area (Å²) in [5.74, 6) is 0.323. The lowest BCUT2D eigenvalue weighted by Crippen LogP contribution is -2.42. The lowest BCUT2D eigenvalue weighted by Gasteiger charge is -2.21. The summed E-state index contributed by atoms with van der Waals surface area (Å²) in [5.41, 5.74) is 4.26. The van der Waals surface area contributed by atoms with Crippen molar-refractivity contribution >= 4 is 11.8 Å². The minimum absolute atomic E-state index is 0.0179. The minimum atomic E-state index is -0.325. The predicted molar refractivity (Wildman–Crippen MR) is 144 cm³/mol. The maximum atomic E-state index is 13.6. The molecule has 38 heavy (non-hydrogen) atoms. The molecule has 2 aromatic heterocycles. The van der Waals surface area contributed by atoms with Gasteiger partial charge in [-0.05, 0) is 36.8 Å². The van der Waals surface area contributed by atoms with Crippen molar-refractivity contribution in [2.24, 2.45) is 7.05 Å². The van der Waals surface area contributed by atoms with Crippen molar-refractivity contribution in [3.8, 4) is 16.9 Å². The number of nitrogens with one attached hydrogen (secondary N) is 2. The number of likely N-dealkylation sites (tertiary alicyclic amines) is 1. The summed E-state index contributed by atoms with van der Waals surface area (Å²) < 4.78 is 22.3. The normalized spacial score (nSPS) is 17.6. The Hall–Kier alpha value is -4.02. The van der Waals surface area contributed by atoms with Crippen LogP contribution in [0.2, 0.25) is 0 Å². The fourth-order valence-corrected chi connectivity index (χ4v) is 5.01. The van der Waals surface area contributed by atoms with Gasteiger partial charge < -0.3 is 10.1 Å². The van der Waals surface area contributed by atoms with E-state index in [1.54, 1.807) is 34.8 Å². The van der Waals surface area contributed by atoms with Crippen molar-refractivity contribution in [2.45, 2.75) is 18.9 Å². The van der Waals surface area contributed by atoms with Gasteiger partial charge in [0.05, 0.1) is 24.5 Å². The number of benzene rings is 2. The van der Waals surface area contributed by atoms with E-state index in [-0.39, 0.29) is 23.8 Å². The van der Waals surface area contributed by atoms with E-state index < -0.39 is 0 Å². The van der Waals surface area contributed by atoms with E-state index in [1.165, 1.54) is 12.1 Å². The molecule has 0 radical (unpaired) electrons. The van der Waals surface area contributed by atoms with Crippen LogP contribution in [0, 0.1) is 12.7 Å². The summed E-state index contributed by atoms with van der Waals surface area (Å²) in [4.78, 5) is 15.7. The summed E-state index contributed by atoms with van der Waals surface area (Å²) in [6.45, 7) is 4.69. The molecule has 2 amide bonds. The van der Waals surface area contributed by atoms with E-state index in [4.69, 9.17) is 9.84 Å². The molecule has 1 aliphatic heterocycles. The van der Waals surface area contributed by atoms with Crippen LogP contribution in [-0.4, -0.2) is 69.9 Å². The molecular weight excluding hydrogens is 485 g/mol. The zero-order valence-electron chi connectivity index (χ0n) is 21.8. The predicted octanol–water partition coefficient (Wildman–Crippen LogP) is 3.96. The largest absolute Gasteiger partial charge is 0.383 e. The van der Waals surface area contributed by atoms with Crippen LogP contribution in [0.15, 0.2) is 67.0 Å². The van der Waals surface area contributed by atoms with E-state index in [1.807, 2.05) is 50.5 Å². The Morgan fingerprint density at radius 1 is 1.13 bits per heavy atom. The van der Waals surface area contributed by atoms with Gasteiger partial charge in [0.25, 0.3) is 0 Å². The summed E-state index contributed by atoms with van der Waals surface area (Å²) in [7, 11) is 3.53. The maximum absolute atomic E-state index is 13.6. The molecule has 5 rings (SSSR count). The summed E-state index contributed by atoms with van der Waals surface area (Å²) in [5, 5.41) is 15.3. The number of hydrogen-bond acceptors (Lipinski definition) is 5. The Balaban J connectivity index is 1.41. The molecular formula is C28H32FN7O2. The first-order valence-electron chi connectivity index (χ1n) is 12.6. The standard InChI is InChI=1S/C28H32FN7O2/c1-19-26(21-15-30-34(2)16-21)33-36(23-7-5-4-6-8-23)27(19)32-28(37)31-25-18-35(13-14-38-3)17-24(25)20-9-11-22(29)12-10-20/h4-12,15-16,24-25H,13-14,17-18H2,1-3H3,(H2,31,32,37).